The zero-order valence-electron chi connectivity index (χ0n) is 16.9. The largest absolute Gasteiger partial charge is 0.478 e. The van der Waals surface area contributed by atoms with Crippen molar-refractivity contribution in [2.24, 2.45) is 10.2 Å². The molecule has 1 N–H and O–H groups in total. The van der Waals surface area contributed by atoms with Gasteiger partial charge < -0.3 is 9.67 Å². The Labute approximate surface area is 190 Å². The standard InChI is InChI=1S/C23H20N4O2S2/c1-2-3-8-18-24-19-20(22(31)26-25-21(19)30)27(18)13-14-9-11-15(12-10-14)16-6-4-5-7-17(16)23(28)29/h4-7,9-12H,2-3,8,13H2,1H3,(H,28,29). The number of rotatable bonds is 7. The van der Waals surface area contributed by atoms with Gasteiger partial charge in [-0.15, -0.1) is 10.2 Å². The summed E-state index contributed by atoms with van der Waals surface area (Å²) in [5.41, 5.74) is 4.26. The number of carbonyl (C=O) groups is 1. The first-order valence-electron chi connectivity index (χ1n) is 10.0. The summed E-state index contributed by atoms with van der Waals surface area (Å²) in [6, 6.07) is 14.9. The van der Waals surface area contributed by atoms with Crippen molar-refractivity contribution in [2.45, 2.75) is 32.7 Å². The predicted molar refractivity (Wildman–Crippen MR) is 127 cm³/mol. The van der Waals surface area contributed by atoms with Crippen LogP contribution in [0.1, 0.15) is 52.9 Å². The summed E-state index contributed by atoms with van der Waals surface area (Å²) >= 11 is 10.8. The number of aromatic nitrogens is 2. The van der Waals surface area contributed by atoms with Gasteiger partial charge in [-0.25, -0.2) is 9.78 Å². The summed E-state index contributed by atoms with van der Waals surface area (Å²) in [6.45, 7) is 2.71. The number of carboxylic acid groups (broad SMARTS) is 1. The molecule has 6 nitrogen and oxygen atoms in total. The van der Waals surface area contributed by atoms with Crippen molar-refractivity contribution in [1.29, 1.82) is 0 Å². The van der Waals surface area contributed by atoms with Crippen LogP contribution in [0.2, 0.25) is 0 Å². The number of aryl methyl sites for hydroxylation is 1. The second-order valence-electron chi connectivity index (χ2n) is 7.27. The number of hydrogen-bond acceptors (Lipinski definition) is 4. The van der Waals surface area contributed by atoms with Crippen LogP contribution in [-0.4, -0.2) is 30.6 Å². The zero-order valence-corrected chi connectivity index (χ0v) is 18.5. The molecule has 0 amide bonds. The molecule has 0 saturated carbocycles. The quantitative estimate of drug-likeness (QED) is 0.486. The summed E-state index contributed by atoms with van der Waals surface area (Å²) in [5.74, 6) is -0.0203. The van der Waals surface area contributed by atoms with E-state index in [1.165, 1.54) is 0 Å². The average Bonchev–Trinajstić information content (AvgIpc) is 3.14. The van der Waals surface area contributed by atoms with Gasteiger partial charge in [0.05, 0.1) is 5.56 Å². The summed E-state index contributed by atoms with van der Waals surface area (Å²) in [7, 11) is 0. The topological polar surface area (TPSA) is 79.8 Å². The number of nitrogens with zero attached hydrogens (tertiary/aromatic N) is 4. The smallest absolute Gasteiger partial charge is 0.336 e. The van der Waals surface area contributed by atoms with Crippen LogP contribution in [0.3, 0.4) is 0 Å². The number of thiocarbonyl (C=S) groups is 2. The van der Waals surface area contributed by atoms with E-state index in [-0.39, 0.29) is 5.56 Å². The van der Waals surface area contributed by atoms with Gasteiger partial charge >= 0.3 is 5.97 Å². The molecule has 156 valence electrons. The SMILES string of the molecule is CCCCc1nc2c(n1Cc1ccc(-c3ccccc3C(=O)O)cc1)C(=S)N=NC2=S. The van der Waals surface area contributed by atoms with Crippen LogP contribution in [0.5, 0.6) is 0 Å². The Morgan fingerprint density at radius 1 is 1.03 bits per heavy atom. The van der Waals surface area contributed by atoms with Gasteiger partial charge in [-0.05, 0) is 29.2 Å². The van der Waals surface area contributed by atoms with E-state index >= 15 is 0 Å². The molecule has 1 aliphatic heterocycles. The fourth-order valence-electron chi connectivity index (χ4n) is 3.64. The van der Waals surface area contributed by atoms with Gasteiger partial charge in [-0.2, -0.15) is 0 Å². The Kier molecular flexibility index (Phi) is 6.11. The van der Waals surface area contributed by atoms with Gasteiger partial charge in [0.1, 0.15) is 17.2 Å². The van der Waals surface area contributed by atoms with Crippen molar-refractivity contribution >= 4 is 40.4 Å². The molecular weight excluding hydrogens is 428 g/mol. The van der Waals surface area contributed by atoms with E-state index in [1.807, 2.05) is 36.4 Å². The first kappa shape index (κ1) is 21.1. The van der Waals surface area contributed by atoms with E-state index in [2.05, 4.69) is 21.7 Å². The fraction of sp³-hybridized carbons (Fsp3) is 0.217. The van der Waals surface area contributed by atoms with Gasteiger partial charge in [0, 0.05) is 13.0 Å². The Balaban J connectivity index is 1.68. The summed E-state index contributed by atoms with van der Waals surface area (Å²) < 4.78 is 2.08. The van der Waals surface area contributed by atoms with Gasteiger partial charge in [0.2, 0.25) is 0 Å². The highest BCUT2D eigenvalue weighted by Crippen LogP contribution is 2.26. The normalized spacial score (nSPS) is 12.8. The molecule has 3 aromatic rings. The number of benzene rings is 2. The maximum Gasteiger partial charge on any atom is 0.336 e. The van der Waals surface area contributed by atoms with Crippen molar-refractivity contribution in [3.63, 3.8) is 0 Å². The fourth-order valence-corrected chi connectivity index (χ4v) is 4.07. The molecule has 4 rings (SSSR count). The van der Waals surface area contributed by atoms with E-state index in [0.717, 1.165) is 41.9 Å². The number of unbranched alkanes of at least 4 members (excludes halogenated alkanes) is 1. The van der Waals surface area contributed by atoms with Gasteiger partial charge in [0.15, 0.2) is 9.98 Å². The molecule has 0 bridgehead atoms. The highest BCUT2D eigenvalue weighted by Gasteiger charge is 2.26. The third-order valence-electron chi connectivity index (χ3n) is 5.20. The van der Waals surface area contributed by atoms with Crippen LogP contribution in [0.4, 0.5) is 0 Å². The van der Waals surface area contributed by atoms with Gasteiger partial charge in [-0.3, -0.25) is 0 Å². The first-order valence-corrected chi connectivity index (χ1v) is 10.8. The molecule has 1 aromatic heterocycles. The second kappa shape index (κ2) is 8.95. The second-order valence-corrected chi connectivity index (χ2v) is 8.05. The summed E-state index contributed by atoms with van der Waals surface area (Å²) in [5, 5.41) is 17.4. The average molecular weight is 449 g/mol. The number of imidazole rings is 1. The minimum atomic E-state index is -0.941. The van der Waals surface area contributed by atoms with Crippen LogP contribution in [0.25, 0.3) is 11.1 Å². The number of carboxylic acids is 1. The molecule has 0 aliphatic carbocycles. The molecule has 0 atom stereocenters. The van der Waals surface area contributed by atoms with Crippen LogP contribution >= 0.6 is 24.4 Å². The molecular formula is C23H20N4O2S2. The van der Waals surface area contributed by atoms with Crippen molar-refractivity contribution in [1.82, 2.24) is 9.55 Å². The van der Waals surface area contributed by atoms with Crippen molar-refractivity contribution < 1.29 is 9.90 Å². The molecule has 1 aliphatic rings. The summed E-state index contributed by atoms with van der Waals surface area (Å²) in [6.07, 6.45) is 2.88. The van der Waals surface area contributed by atoms with Crippen LogP contribution in [-0.2, 0) is 13.0 Å². The Morgan fingerprint density at radius 3 is 2.45 bits per heavy atom. The maximum atomic E-state index is 11.5. The minimum absolute atomic E-state index is 0.282. The molecule has 2 heterocycles. The lowest BCUT2D eigenvalue weighted by Gasteiger charge is -2.14. The molecule has 0 fully saturated rings. The third-order valence-corrected chi connectivity index (χ3v) is 5.75. The van der Waals surface area contributed by atoms with Gasteiger partial charge in [0.25, 0.3) is 0 Å². The van der Waals surface area contributed by atoms with E-state index in [1.54, 1.807) is 12.1 Å². The number of fused-ring (bicyclic) bond motifs is 1. The monoisotopic (exact) mass is 448 g/mol. The molecule has 8 heteroatoms. The first-order chi connectivity index (χ1) is 15.0. The van der Waals surface area contributed by atoms with Crippen molar-refractivity contribution in [2.75, 3.05) is 0 Å². The van der Waals surface area contributed by atoms with Crippen LogP contribution in [0.15, 0.2) is 58.8 Å². The lowest BCUT2D eigenvalue weighted by molar-refractivity contribution is 0.0697. The van der Waals surface area contributed by atoms with E-state index in [9.17, 15) is 9.90 Å². The highest BCUT2D eigenvalue weighted by atomic mass is 32.1. The number of aromatic carboxylic acids is 1. The lowest BCUT2D eigenvalue weighted by Crippen LogP contribution is -2.15. The van der Waals surface area contributed by atoms with Crippen LogP contribution < -0.4 is 0 Å². The Morgan fingerprint density at radius 2 is 1.74 bits per heavy atom. The molecule has 31 heavy (non-hydrogen) atoms. The van der Waals surface area contributed by atoms with Gasteiger partial charge in [-0.1, -0.05) is 80.2 Å². The maximum absolute atomic E-state index is 11.5. The molecule has 2 aromatic carbocycles. The Hall–Kier alpha value is -3.10. The van der Waals surface area contributed by atoms with E-state index < -0.39 is 5.97 Å². The lowest BCUT2D eigenvalue weighted by atomic mass is 9.98. The predicted octanol–water partition coefficient (Wildman–Crippen LogP) is 5.46. The van der Waals surface area contributed by atoms with E-state index in [4.69, 9.17) is 29.4 Å². The zero-order chi connectivity index (χ0) is 22.0. The molecule has 0 radical (unpaired) electrons. The highest BCUT2D eigenvalue weighted by molar-refractivity contribution is 7.81. The molecule has 0 unspecified atom stereocenters. The minimum Gasteiger partial charge on any atom is -0.478 e. The number of hydrogen-bond donors (Lipinski definition) is 1. The summed E-state index contributed by atoms with van der Waals surface area (Å²) in [4.78, 5) is 17.0. The molecule has 0 saturated heterocycles. The Bertz CT molecular complexity index is 1210. The molecule has 0 spiro atoms. The van der Waals surface area contributed by atoms with E-state index in [0.29, 0.717) is 27.8 Å². The van der Waals surface area contributed by atoms with Crippen molar-refractivity contribution in [3.05, 3.63) is 76.9 Å². The van der Waals surface area contributed by atoms with Crippen molar-refractivity contribution in [3.8, 4) is 11.1 Å². The third kappa shape index (κ3) is 4.22. The van der Waals surface area contributed by atoms with Crippen LogP contribution in [0, 0.1) is 0 Å². The number of azo groups is 1.